The third-order valence-electron chi connectivity index (χ3n) is 6.64. The number of fused-ring (bicyclic) bond motifs is 1. The van der Waals surface area contributed by atoms with E-state index < -0.39 is 11.0 Å². The van der Waals surface area contributed by atoms with E-state index in [4.69, 9.17) is 10.5 Å². The smallest absolute Gasteiger partial charge is 0.128 e. The average Bonchev–Trinajstić information content (AvgIpc) is 2.94. The van der Waals surface area contributed by atoms with Gasteiger partial charge in [0, 0.05) is 11.3 Å². The van der Waals surface area contributed by atoms with Crippen LogP contribution >= 0.6 is 0 Å². The second-order valence-corrected chi connectivity index (χ2v) is 8.59. The Bertz CT molecular complexity index is 1050. The minimum Gasteiger partial charge on any atom is -0.486 e. The summed E-state index contributed by atoms with van der Waals surface area (Å²) in [7, 11) is 0. The van der Waals surface area contributed by atoms with Crippen LogP contribution in [0.4, 0.5) is 5.69 Å². The van der Waals surface area contributed by atoms with E-state index in [9.17, 15) is 0 Å². The molecular weight excluding hydrogens is 342 g/mol. The lowest BCUT2D eigenvalue weighted by atomic mass is 9.60. The van der Waals surface area contributed by atoms with Crippen LogP contribution in [-0.2, 0) is 5.41 Å². The predicted octanol–water partition coefficient (Wildman–Crippen LogP) is 6.01. The fraction of sp³-hybridized carbons (Fsp3) is 0.308. The molecule has 0 aliphatic carbocycles. The van der Waals surface area contributed by atoms with Gasteiger partial charge in [0.05, 0.1) is 5.41 Å². The summed E-state index contributed by atoms with van der Waals surface area (Å²) in [5.74, 6) is 0.985. The summed E-state index contributed by atoms with van der Waals surface area (Å²) < 4.78 is 6.74. The summed E-state index contributed by atoms with van der Waals surface area (Å²) in [4.78, 5) is 0. The van der Waals surface area contributed by atoms with E-state index in [0.717, 1.165) is 28.1 Å². The average molecular weight is 372 g/mol. The summed E-state index contributed by atoms with van der Waals surface area (Å²) in [6.45, 7) is 12.9. The fourth-order valence-corrected chi connectivity index (χ4v) is 5.00. The van der Waals surface area contributed by atoms with Crippen LogP contribution in [0.1, 0.15) is 52.8 Å². The first-order chi connectivity index (χ1) is 13.2. The van der Waals surface area contributed by atoms with Gasteiger partial charge in [0.1, 0.15) is 11.4 Å². The molecule has 2 N–H and O–H groups in total. The highest BCUT2D eigenvalue weighted by molar-refractivity contribution is 5.74. The topological polar surface area (TPSA) is 35.2 Å². The molecule has 2 heteroatoms. The molecule has 1 atom stereocenters. The molecule has 3 aromatic carbocycles. The van der Waals surface area contributed by atoms with Gasteiger partial charge in [-0.1, -0.05) is 60.2 Å². The van der Waals surface area contributed by atoms with Gasteiger partial charge < -0.3 is 10.5 Å². The molecule has 0 saturated carbocycles. The van der Waals surface area contributed by atoms with Gasteiger partial charge in [-0.2, -0.15) is 0 Å². The van der Waals surface area contributed by atoms with Gasteiger partial charge in [0.15, 0.2) is 0 Å². The van der Waals surface area contributed by atoms with Crippen molar-refractivity contribution in [3.8, 4) is 5.75 Å². The lowest BCUT2D eigenvalue weighted by molar-refractivity contribution is 0.0897. The van der Waals surface area contributed by atoms with Crippen LogP contribution in [0.15, 0.2) is 54.6 Å². The minimum absolute atomic E-state index is 0.437. The number of hydrogen-bond donors (Lipinski definition) is 1. The summed E-state index contributed by atoms with van der Waals surface area (Å²) in [6.07, 6.45) is 0. The molecule has 2 nitrogen and oxygen atoms in total. The quantitative estimate of drug-likeness (QED) is 0.560. The highest BCUT2D eigenvalue weighted by atomic mass is 16.5. The first-order valence-corrected chi connectivity index (χ1v) is 9.93. The van der Waals surface area contributed by atoms with E-state index >= 15 is 0 Å². The van der Waals surface area contributed by atoms with Crippen molar-refractivity contribution in [3.05, 3.63) is 93.5 Å². The number of ether oxygens (including phenoxy) is 1. The molecule has 0 amide bonds. The molecule has 0 spiro atoms. The van der Waals surface area contributed by atoms with Crippen molar-refractivity contribution >= 4 is 5.69 Å². The maximum Gasteiger partial charge on any atom is 0.128 e. The van der Waals surface area contributed by atoms with Crippen molar-refractivity contribution in [3.63, 3.8) is 0 Å². The summed E-state index contributed by atoms with van der Waals surface area (Å²) in [5.41, 5.74) is 14.8. The molecule has 0 saturated heterocycles. The Balaban J connectivity index is 2.21. The highest BCUT2D eigenvalue weighted by Gasteiger charge is 2.58. The second kappa shape index (κ2) is 6.13. The summed E-state index contributed by atoms with van der Waals surface area (Å²) >= 11 is 0. The molecular formula is C26H29NO. The first-order valence-electron chi connectivity index (χ1n) is 9.93. The van der Waals surface area contributed by atoms with Crippen LogP contribution in [0.3, 0.4) is 0 Å². The van der Waals surface area contributed by atoms with Gasteiger partial charge in [-0.15, -0.1) is 0 Å². The Kier molecular flexibility index (Phi) is 4.08. The number of anilines is 1. The Morgan fingerprint density at radius 1 is 0.714 bits per heavy atom. The number of nitrogens with two attached hydrogens (primary N) is 1. The normalized spacial score (nSPS) is 19.9. The largest absolute Gasteiger partial charge is 0.486 e. The van der Waals surface area contributed by atoms with Crippen LogP contribution < -0.4 is 10.5 Å². The number of benzene rings is 3. The SMILES string of the molecule is Cc1ccc(C2(c3ccccc3)c3c(C)c(N)c(C)c(C)c3OC2(C)C)cc1. The Morgan fingerprint density at radius 3 is 1.89 bits per heavy atom. The molecule has 144 valence electrons. The molecule has 3 aromatic rings. The molecule has 0 fully saturated rings. The number of rotatable bonds is 2. The lowest BCUT2D eigenvalue weighted by Gasteiger charge is -2.42. The van der Waals surface area contributed by atoms with Crippen molar-refractivity contribution in [2.24, 2.45) is 0 Å². The number of nitrogen functional groups attached to an aromatic ring is 1. The molecule has 0 aromatic heterocycles. The zero-order valence-electron chi connectivity index (χ0n) is 17.7. The van der Waals surface area contributed by atoms with E-state index in [1.54, 1.807) is 0 Å². The first kappa shape index (κ1) is 18.6. The fourth-order valence-electron chi connectivity index (χ4n) is 5.00. The number of hydrogen-bond acceptors (Lipinski definition) is 2. The molecule has 0 bridgehead atoms. The van der Waals surface area contributed by atoms with Crippen molar-refractivity contribution in [2.45, 2.75) is 52.6 Å². The molecule has 1 heterocycles. The third kappa shape index (κ3) is 2.27. The summed E-state index contributed by atoms with van der Waals surface area (Å²) in [6, 6.07) is 19.6. The second-order valence-electron chi connectivity index (χ2n) is 8.59. The molecule has 1 unspecified atom stereocenters. The van der Waals surface area contributed by atoms with Gasteiger partial charge in [0.25, 0.3) is 0 Å². The van der Waals surface area contributed by atoms with Crippen LogP contribution in [-0.4, -0.2) is 5.60 Å². The van der Waals surface area contributed by atoms with Crippen LogP contribution in [0.5, 0.6) is 5.75 Å². The standard InChI is InChI=1S/C26H29NO/c1-16-12-14-21(15-13-16)26(20-10-8-7-9-11-20)22-19(4)23(27)17(2)18(3)24(22)28-25(26,5)6/h7-15H,27H2,1-6H3. The van der Waals surface area contributed by atoms with Crippen molar-refractivity contribution in [1.29, 1.82) is 0 Å². The molecule has 1 aliphatic heterocycles. The van der Waals surface area contributed by atoms with Crippen molar-refractivity contribution < 1.29 is 4.74 Å². The lowest BCUT2D eigenvalue weighted by Crippen LogP contribution is -2.48. The van der Waals surface area contributed by atoms with Gasteiger partial charge >= 0.3 is 0 Å². The maximum absolute atomic E-state index is 6.74. The van der Waals surface area contributed by atoms with Crippen molar-refractivity contribution in [1.82, 2.24) is 0 Å². The molecule has 0 radical (unpaired) electrons. The van der Waals surface area contributed by atoms with E-state index in [0.29, 0.717) is 0 Å². The highest BCUT2D eigenvalue weighted by Crippen LogP contribution is 2.60. The molecule has 28 heavy (non-hydrogen) atoms. The van der Waals surface area contributed by atoms with E-state index in [-0.39, 0.29) is 0 Å². The van der Waals surface area contributed by atoms with Gasteiger partial charge in [-0.3, -0.25) is 0 Å². The van der Waals surface area contributed by atoms with Crippen molar-refractivity contribution in [2.75, 3.05) is 5.73 Å². The van der Waals surface area contributed by atoms with Gasteiger partial charge in [0.2, 0.25) is 0 Å². The van der Waals surface area contributed by atoms with E-state index in [1.165, 1.54) is 22.3 Å². The summed E-state index contributed by atoms with van der Waals surface area (Å²) in [5, 5.41) is 0. The minimum atomic E-state index is -0.471. The Labute approximate surface area is 168 Å². The monoisotopic (exact) mass is 371 g/mol. The van der Waals surface area contributed by atoms with Crippen LogP contribution in [0.25, 0.3) is 0 Å². The Morgan fingerprint density at radius 2 is 1.29 bits per heavy atom. The van der Waals surface area contributed by atoms with Crippen LogP contribution in [0.2, 0.25) is 0 Å². The van der Waals surface area contributed by atoms with E-state index in [1.807, 2.05) is 0 Å². The zero-order valence-corrected chi connectivity index (χ0v) is 17.7. The van der Waals surface area contributed by atoms with Gasteiger partial charge in [-0.05, 0) is 69.4 Å². The van der Waals surface area contributed by atoms with Gasteiger partial charge in [-0.25, -0.2) is 0 Å². The third-order valence-corrected chi connectivity index (χ3v) is 6.64. The molecule has 1 aliphatic rings. The predicted molar refractivity (Wildman–Crippen MR) is 117 cm³/mol. The number of aryl methyl sites for hydroxylation is 1. The zero-order chi connectivity index (χ0) is 20.3. The van der Waals surface area contributed by atoms with E-state index in [2.05, 4.69) is 96.1 Å². The molecule has 4 rings (SSSR count). The van der Waals surface area contributed by atoms with Crippen LogP contribution in [0, 0.1) is 27.7 Å². The Hall–Kier alpha value is -2.74. The maximum atomic E-state index is 6.74.